The molecule has 0 aliphatic heterocycles. The van der Waals surface area contributed by atoms with E-state index in [0.717, 1.165) is 12.6 Å². The molecule has 0 saturated heterocycles. The van der Waals surface area contributed by atoms with E-state index in [2.05, 4.69) is 16.8 Å². The van der Waals surface area contributed by atoms with Crippen molar-refractivity contribution in [3.63, 3.8) is 0 Å². The SMILES string of the molecule is CCCCN(c1cnccc1CCl)C1CC1. The third kappa shape index (κ3) is 2.67. The van der Waals surface area contributed by atoms with Crippen LogP contribution in [0.5, 0.6) is 0 Å². The summed E-state index contributed by atoms with van der Waals surface area (Å²) in [5.41, 5.74) is 2.45. The highest BCUT2D eigenvalue weighted by atomic mass is 35.5. The fourth-order valence-electron chi connectivity index (χ4n) is 2.00. The van der Waals surface area contributed by atoms with Gasteiger partial charge in [0.2, 0.25) is 0 Å². The highest BCUT2D eigenvalue weighted by Crippen LogP contribution is 2.33. The van der Waals surface area contributed by atoms with Gasteiger partial charge in [0.15, 0.2) is 0 Å². The van der Waals surface area contributed by atoms with E-state index in [1.54, 1.807) is 0 Å². The molecule has 0 spiro atoms. The maximum absolute atomic E-state index is 5.98. The standard InChI is InChI=1S/C13H19ClN2/c1-2-3-8-16(12-4-5-12)13-10-15-7-6-11(13)9-14/h6-7,10,12H,2-5,8-9H2,1H3. The Bertz CT molecular complexity index is 336. The van der Waals surface area contributed by atoms with Crippen molar-refractivity contribution in [3.05, 3.63) is 24.0 Å². The van der Waals surface area contributed by atoms with Crippen LogP contribution in [0.2, 0.25) is 0 Å². The minimum absolute atomic E-state index is 0.577. The van der Waals surface area contributed by atoms with Crippen molar-refractivity contribution in [3.8, 4) is 0 Å². The number of halogens is 1. The first-order valence-corrected chi connectivity index (χ1v) is 6.65. The average molecular weight is 239 g/mol. The summed E-state index contributed by atoms with van der Waals surface area (Å²) in [7, 11) is 0. The molecule has 2 nitrogen and oxygen atoms in total. The summed E-state index contributed by atoms with van der Waals surface area (Å²) >= 11 is 5.98. The third-order valence-electron chi connectivity index (χ3n) is 3.08. The van der Waals surface area contributed by atoms with Crippen LogP contribution in [-0.4, -0.2) is 17.6 Å². The van der Waals surface area contributed by atoms with E-state index in [1.807, 2.05) is 18.5 Å². The van der Waals surface area contributed by atoms with Gasteiger partial charge in [-0.3, -0.25) is 4.98 Å². The predicted molar refractivity (Wildman–Crippen MR) is 69.1 cm³/mol. The third-order valence-corrected chi connectivity index (χ3v) is 3.37. The Kier molecular flexibility index (Phi) is 4.05. The second-order valence-electron chi connectivity index (χ2n) is 4.42. The Morgan fingerprint density at radius 2 is 2.31 bits per heavy atom. The van der Waals surface area contributed by atoms with Gasteiger partial charge >= 0.3 is 0 Å². The van der Waals surface area contributed by atoms with Crippen molar-refractivity contribution in [1.82, 2.24) is 4.98 Å². The smallest absolute Gasteiger partial charge is 0.0600 e. The average Bonchev–Trinajstić information content (AvgIpc) is 3.14. The van der Waals surface area contributed by atoms with Crippen molar-refractivity contribution in [2.24, 2.45) is 0 Å². The lowest BCUT2D eigenvalue weighted by atomic mass is 10.2. The molecule has 1 aliphatic carbocycles. The van der Waals surface area contributed by atoms with Crippen LogP contribution in [0.1, 0.15) is 38.2 Å². The molecule has 16 heavy (non-hydrogen) atoms. The first kappa shape index (κ1) is 11.7. The molecule has 88 valence electrons. The quantitative estimate of drug-likeness (QED) is 0.705. The zero-order valence-corrected chi connectivity index (χ0v) is 10.6. The lowest BCUT2D eigenvalue weighted by molar-refractivity contribution is 0.709. The van der Waals surface area contributed by atoms with E-state index in [9.17, 15) is 0 Å². The molecule has 1 heterocycles. The molecule has 1 aliphatic rings. The van der Waals surface area contributed by atoms with Gasteiger partial charge in [0.25, 0.3) is 0 Å². The second-order valence-corrected chi connectivity index (χ2v) is 4.68. The molecular weight excluding hydrogens is 220 g/mol. The van der Waals surface area contributed by atoms with E-state index in [-0.39, 0.29) is 0 Å². The van der Waals surface area contributed by atoms with E-state index >= 15 is 0 Å². The van der Waals surface area contributed by atoms with Gasteiger partial charge in [0, 0.05) is 24.7 Å². The number of hydrogen-bond acceptors (Lipinski definition) is 2. The summed E-state index contributed by atoms with van der Waals surface area (Å²) in [4.78, 5) is 6.73. The van der Waals surface area contributed by atoms with Crippen LogP contribution in [0.4, 0.5) is 5.69 Å². The van der Waals surface area contributed by atoms with Crippen LogP contribution in [0.3, 0.4) is 0 Å². The summed E-state index contributed by atoms with van der Waals surface area (Å²) < 4.78 is 0. The van der Waals surface area contributed by atoms with E-state index in [0.29, 0.717) is 5.88 Å². The molecule has 0 amide bonds. The zero-order chi connectivity index (χ0) is 11.4. The van der Waals surface area contributed by atoms with E-state index < -0.39 is 0 Å². The molecule has 0 bridgehead atoms. The molecule has 1 aromatic rings. The van der Waals surface area contributed by atoms with Crippen molar-refractivity contribution >= 4 is 17.3 Å². The molecule has 0 N–H and O–H groups in total. The number of aromatic nitrogens is 1. The summed E-state index contributed by atoms with van der Waals surface area (Å²) in [5.74, 6) is 0.577. The number of anilines is 1. The maximum atomic E-state index is 5.98. The number of alkyl halides is 1. The topological polar surface area (TPSA) is 16.1 Å². The largest absolute Gasteiger partial charge is 0.367 e. The van der Waals surface area contributed by atoms with Gasteiger partial charge in [-0.25, -0.2) is 0 Å². The van der Waals surface area contributed by atoms with E-state index in [1.165, 1.54) is 36.9 Å². The zero-order valence-electron chi connectivity index (χ0n) is 9.82. The predicted octanol–water partition coefficient (Wildman–Crippen LogP) is 3.59. The van der Waals surface area contributed by atoms with Gasteiger partial charge in [-0.05, 0) is 30.9 Å². The fourth-order valence-corrected chi connectivity index (χ4v) is 2.23. The molecule has 0 atom stereocenters. The number of pyridine rings is 1. The van der Waals surface area contributed by atoms with Gasteiger partial charge in [0.05, 0.1) is 11.9 Å². The van der Waals surface area contributed by atoms with Gasteiger partial charge < -0.3 is 4.90 Å². The van der Waals surface area contributed by atoms with Crippen LogP contribution in [0.25, 0.3) is 0 Å². The minimum atomic E-state index is 0.577. The van der Waals surface area contributed by atoms with Crippen LogP contribution in [-0.2, 0) is 5.88 Å². The molecular formula is C13H19ClN2. The van der Waals surface area contributed by atoms with Gasteiger partial charge in [-0.15, -0.1) is 11.6 Å². The molecule has 0 aromatic carbocycles. The van der Waals surface area contributed by atoms with Gasteiger partial charge in [-0.1, -0.05) is 13.3 Å². The van der Waals surface area contributed by atoms with Crippen LogP contribution in [0, 0.1) is 0 Å². The lowest BCUT2D eigenvalue weighted by Crippen LogP contribution is -2.27. The van der Waals surface area contributed by atoms with Crippen LogP contribution < -0.4 is 4.90 Å². The molecule has 1 fully saturated rings. The molecule has 3 heteroatoms. The fraction of sp³-hybridized carbons (Fsp3) is 0.615. The molecule has 0 radical (unpaired) electrons. The Morgan fingerprint density at radius 1 is 1.50 bits per heavy atom. The van der Waals surface area contributed by atoms with Crippen LogP contribution >= 0.6 is 11.6 Å². The number of rotatable bonds is 6. The number of hydrogen-bond donors (Lipinski definition) is 0. The highest BCUT2D eigenvalue weighted by molar-refractivity contribution is 6.17. The van der Waals surface area contributed by atoms with Crippen molar-refractivity contribution in [2.45, 2.75) is 44.5 Å². The van der Waals surface area contributed by atoms with Gasteiger partial charge in [0.1, 0.15) is 0 Å². The molecule has 1 saturated carbocycles. The summed E-state index contributed by atoms with van der Waals surface area (Å²) in [6.07, 6.45) is 8.91. The summed E-state index contributed by atoms with van der Waals surface area (Å²) in [6.45, 7) is 3.37. The Balaban J connectivity index is 2.16. The maximum Gasteiger partial charge on any atom is 0.0600 e. The Hall–Kier alpha value is -0.760. The lowest BCUT2D eigenvalue weighted by Gasteiger charge is -2.26. The molecule has 0 unspecified atom stereocenters. The van der Waals surface area contributed by atoms with Crippen molar-refractivity contribution in [2.75, 3.05) is 11.4 Å². The minimum Gasteiger partial charge on any atom is -0.367 e. The Morgan fingerprint density at radius 3 is 2.94 bits per heavy atom. The molecule has 1 aromatic heterocycles. The second kappa shape index (κ2) is 5.53. The van der Waals surface area contributed by atoms with Gasteiger partial charge in [-0.2, -0.15) is 0 Å². The summed E-state index contributed by atoms with van der Waals surface area (Å²) in [5, 5.41) is 0. The Labute approximate surface area is 103 Å². The van der Waals surface area contributed by atoms with E-state index in [4.69, 9.17) is 11.6 Å². The normalized spacial score (nSPS) is 15.1. The van der Waals surface area contributed by atoms with Crippen LogP contribution in [0.15, 0.2) is 18.5 Å². The number of nitrogens with zero attached hydrogens (tertiary/aromatic N) is 2. The van der Waals surface area contributed by atoms with Crippen molar-refractivity contribution in [1.29, 1.82) is 0 Å². The monoisotopic (exact) mass is 238 g/mol. The molecule has 2 rings (SSSR count). The first-order chi connectivity index (χ1) is 7.86. The highest BCUT2D eigenvalue weighted by Gasteiger charge is 2.29. The summed E-state index contributed by atoms with van der Waals surface area (Å²) in [6, 6.07) is 2.77. The van der Waals surface area contributed by atoms with Crippen molar-refractivity contribution < 1.29 is 0 Å². The number of unbranched alkanes of at least 4 members (excludes halogenated alkanes) is 1. The first-order valence-electron chi connectivity index (χ1n) is 6.12.